The van der Waals surface area contributed by atoms with Crippen molar-refractivity contribution in [3.05, 3.63) is 165 Å². The van der Waals surface area contributed by atoms with Gasteiger partial charge in [0.2, 0.25) is 5.78 Å². The molecule has 0 atom stereocenters. The fourth-order valence-corrected chi connectivity index (χ4v) is 8.63. The van der Waals surface area contributed by atoms with E-state index >= 15 is 0 Å². The largest absolute Gasteiger partial charge is 0.416 e. The molecule has 0 saturated carbocycles. The van der Waals surface area contributed by atoms with Gasteiger partial charge in [-0.1, -0.05) is 84.9 Å². The molecule has 6 rings (SSSR count). The van der Waals surface area contributed by atoms with E-state index in [-0.39, 0.29) is 11.5 Å². The van der Waals surface area contributed by atoms with Gasteiger partial charge in [-0.25, -0.2) is 0 Å². The molecule has 74 heavy (non-hydrogen) atoms. The van der Waals surface area contributed by atoms with Crippen molar-refractivity contribution in [2.75, 3.05) is 18.3 Å². The summed E-state index contributed by atoms with van der Waals surface area (Å²) in [5, 5.41) is 2.15. The molecule has 6 aromatic rings. The van der Waals surface area contributed by atoms with Crippen LogP contribution < -0.4 is 21.9 Å². The van der Waals surface area contributed by atoms with Crippen molar-refractivity contribution in [1.82, 2.24) is 0 Å². The minimum Gasteiger partial charge on any atom is -0.289 e. The quantitative estimate of drug-likeness (QED) is 0.0691. The van der Waals surface area contributed by atoms with Gasteiger partial charge in [0.15, 0.2) is 5.75 Å². The van der Waals surface area contributed by atoms with Crippen LogP contribution in [-0.4, -0.2) is 30.2 Å². The van der Waals surface area contributed by atoms with Crippen LogP contribution in [0.3, 0.4) is 0 Å². The van der Waals surface area contributed by atoms with E-state index < -0.39 is 205 Å². The normalized spacial score (nSPS) is 13.7. The number of hydrogen-bond donors (Lipinski definition) is 0. The average molecular weight is 1110 g/mol. The molecule has 0 fully saturated rings. The summed E-state index contributed by atoms with van der Waals surface area (Å²) < 4.78 is 352. The molecule has 0 unspecified atom stereocenters. The Kier molecular flexibility index (Phi) is 15.5. The fourth-order valence-electron chi connectivity index (χ4n) is 7.83. The number of Topliss-reactive ketones (excluding diaryl/α,β-unsaturated/α-hetero) is 1. The smallest absolute Gasteiger partial charge is 0.289 e. The molecule has 28 heteroatoms. The fraction of sp³-hybridized carbons (Fsp3) is 0.239. The van der Waals surface area contributed by atoms with Gasteiger partial charge in [0.25, 0.3) is 0 Å². The summed E-state index contributed by atoms with van der Waals surface area (Å²) in [4.78, 5) is 11.9. The summed E-state index contributed by atoms with van der Waals surface area (Å²) in [7, 11) is -2.02. The Morgan fingerprint density at radius 3 is 0.797 bits per heavy atom. The van der Waals surface area contributed by atoms with Gasteiger partial charge in [-0.2, -0.15) is 127 Å². The van der Waals surface area contributed by atoms with Gasteiger partial charge in [0, 0.05) is 5.56 Å². The summed E-state index contributed by atoms with van der Waals surface area (Å²) in [5.74, 6) is 0.0662. The van der Waals surface area contributed by atoms with Gasteiger partial charge >= 0.3 is 49.4 Å². The van der Waals surface area contributed by atoms with E-state index in [2.05, 4.69) is 0 Å². The van der Waals surface area contributed by atoms with Gasteiger partial charge in [-0.15, -0.1) is 4.21 Å². The van der Waals surface area contributed by atoms with E-state index in [1.807, 2.05) is 36.4 Å². The maximum atomic E-state index is 14.2. The van der Waals surface area contributed by atoms with Crippen LogP contribution in [0, 0.1) is 0 Å². The number of hydrogen-bond acceptors (Lipinski definition) is 2. The van der Waals surface area contributed by atoms with Crippen LogP contribution in [-0.2, 0) is 63.6 Å². The molecule has 0 radical (unpaired) electrons. The molecule has 6 aromatic carbocycles. The summed E-state index contributed by atoms with van der Waals surface area (Å²) >= 11 is 0. The molecule has 0 saturated heterocycles. The van der Waals surface area contributed by atoms with E-state index in [0.29, 0.717) is 5.56 Å². The molecule has 0 bridgehead atoms. The van der Waals surface area contributed by atoms with Gasteiger partial charge in [0.05, 0.1) is 54.4 Å². The first-order valence-electron chi connectivity index (χ1n) is 20.0. The third kappa shape index (κ3) is 13.5. The highest BCUT2D eigenvalue weighted by Gasteiger charge is 2.47. The van der Waals surface area contributed by atoms with E-state index in [1.54, 1.807) is 18.6 Å². The number of carbonyl (C=O) groups excluding carboxylic acids is 1. The van der Waals surface area contributed by atoms with Gasteiger partial charge in [-0.3, -0.25) is 4.79 Å². The lowest BCUT2D eigenvalue weighted by Gasteiger charge is -2.46. The van der Waals surface area contributed by atoms with Crippen molar-refractivity contribution < 1.29 is 114 Å². The second-order valence-corrected chi connectivity index (χ2v) is 20.0. The zero-order valence-electron chi connectivity index (χ0n) is 36.6. The summed E-state index contributed by atoms with van der Waals surface area (Å²) in [6.07, 6.45) is -51.6. The van der Waals surface area contributed by atoms with Gasteiger partial charge in [-0.05, 0) is 41.1 Å². The predicted molar refractivity (Wildman–Crippen MR) is 223 cm³/mol. The molecule has 0 aromatic heterocycles. The van der Waals surface area contributed by atoms with E-state index in [1.165, 1.54) is 0 Å². The van der Waals surface area contributed by atoms with Crippen molar-refractivity contribution in [3.63, 3.8) is 0 Å². The van der Waals surface area contributed by atoms with E-state index in [4.69, 9.17) is 0 Å². The molecule has 2 nitrogen and oxygen atoms in total. The number of halogens is 24. The lowest BCUT2D eigenvalue weighted by molar-refractivity contribution is -0.144. The van der Waals surface area contributed by atoms with Gasteiger partial charge in [0.1, 0.15) is 18.7 Å². The number of carbonyl (C=O) groups is 1. The molecular weight excluding hydrogens is 1080 g/mol. The second-order valence-electron chi connectivity index (χ2n) is 16.8. The third-order valence-electron chi connectivity index (χ3n) is 11.0. The second kappa shape index (κ2) is 19.5. The van der Waals surface area contributed by atoms with Crippen LogP contribution in [0.25, 0.3) is 10.8 Å². The number of ketones is 1. The Bertz CT molecular complexity index is 2670. The van der Waals surface area contributed by atoms with Crippen molar-refractivity contribution in [3.8, 4) is 0 Å². The van der Waals surface area contributed by atoms with Crippen LogP contribution in [0.5, 0.6) is 0 Å². The zero-order chi connectivity index (χ0) is 56.4. The first-order valence-corrected chi connectivity index (χ1v) is 22.6. The summed E-state index contributed by atoms with van der Waals surface area (Å²) in [5.41, 5.74) is -29.6. The highest BCUT2D eigenvalue weighted by Crippen LogP contribution is 2.41. The van der Waals surface area contributed by atoms with E-state index in [9.17, 15) is 114 Å². The highest BCUT2D eigenvalue weighted by molar-refractivity contribution is 8.02. The molecule has 400 valence electrons. The lowest BCUT2D eigenvalue weighted by atomic mass is 9.12. The van der Waals surface area contributed by atoms with Crippen molar-refractivity contribution in [1.29, 1.82) is 0 Å². The molecule has 0 heterocycles. The van der Waals surface area contributed by atoms with Gasteiger partial charge < -0.3 is 0 Å². The first kappa shape index (κ1) is 58.7. The van der Waals surface area contributed by atoms with Crippen LogP contribution in [0.2, 0.25) is 0 Å². The predicted octanol–water partition coefficient (Wildman–Crippen LogP) is 14.0. The summed E-state index contributed by atoms with van der Waals surface area (Å²) in [6.45, 7) is 0. The first-order chi connectivity index (χ1) is 33.2. The average Bonchev–Trinajstić information content (AvgIpc) is 3.23. The highest BCUT2D eigenvalue weighted by atomic mass is 32.2. The van der Waals surface area contributed by atoms with Crippen LogP contribution in [0.15, 0.2) is 115 Å². The number of rotatable bonds is 7. The van der Waals surface area contributed by atoms with Crippen molar-refractivity contribution >= 4 is 54.5 Å². The number of alkyl halides is 24. The maximum absolute atomic E-state index is 14.2. The standard InChI is InChI=1S/C32H12BF24.C14H15O2S/c34-25(35,36)13-1-14(26(37,38)39)6-21(5-13)33(22-7-15(27(40,41)42)2-16(8-22)28(43,44)45,23-9-17(29(46,47)48)3-18(10-23)30(49,50)51)24-11-19(31(52,53)54)4-20(12-24)32(55,56)57;1-17(2,16)10-14(15)13-8-7-11-5-3-4-6-12(11)9-13/h1-12H;3-9H,10H2,1-2H3/q-1;+1. The molecule has 0 aliphatic heterocycles. The number of fused-ring (bicyclic) bond motifs is 1. The van der Waals surface area contributed by atoms with Crippen molar-refractivity contribution in [2.45, 2.75) is 49.4 Å². The van der Waals surface area contributed by atoms with E-state index in [0.717, 1.165) is 10.8 Å². The zero-order valence-corrected chi connectivity index (χ0v) is 37.4. The molecule has 0 N–H and O–H groups in total. The van der Waals surface area contributed by atoms with Crippen LogP contribution in [0.4, 0.5) is 105 Å². The molecule has 0 amide bonds. The Hall–Kier alpha value is -6.22. The molecule has 0 spiro atoms. The van der Waals surface area contributed by atoms with Crippen molar-refractivity contribution in [2.24, 2.45) is 0 Å². The molecule has 0 aliphatic carbocycles. The monoisotopic (exact) mass is 1110 g/mol. The Balaban J connectivity index is 0.000000500. The Morgan fingerprint density at radius 2 is 0.581 bits per heavy atom. The Morgan fingerprint density at radius 1 is 0.351 bits per heavy atom. The molecular formula is C46H27BF24O2S. The Labute approximate surface area is 401 Å². The maximum Gasteiger partial charge on any atom is 0.416 e. The third-order valence-corrected chi connectivity index (χ3v) is 11.9. The minimum atomic E-state index is -6.13. The van der Waals surface area contributed by atoms with Crippen LogP contribution in [0.1, 0.15) is 54.9 Å². The minimum absolute atomic E-state index is 0.0502. The molecule has 0 aliphatic rings. The van der Waals surface area contributed by atoms with Crippen LogP contribution >= 0.6 is 0 Å². The lowest BCUT2D eigenvalue weighted by Crippen LogP contribution is -2.75. The number of benzene rings is 6. The topological polar surface area (TPSA) is 34.1 Å². The SMILES string of the molecule is C[S+](C)(=O)CC(=O)c1ccc2ccccc2c1.FC(F)(F)c1cc([B-](c2cc(C(F)(F)F)cc(C(F)(F)F)c2)(c2cc(C(F)(F)F)cc(C(F)(F)F)c2)c2cc(C(F)(F)F)cc(C(F)(F)F)c2)cc(C(F)(F)F)c1. The summed E-state index contributed by atoms with van der Waals surface area (Å²) in [6, 6.07) is 4.67.